The zero-order valence-electron chi connectivity index (χ0n) is 14.4. The van der Waals surface area contributed by atoms with Crippen molar-refractivity contribution in [1.82, 2.24) is 25.3 Å². The van der Waals surface area contributed by atoms with Gasteiger partial charge in [0.25, 0.3) is 11.6 Å². The molecule has 142 valence electrons. The van der Waals surface area contributed by atoms with Crippen LogP contribution in [0.5, 0.6) is 0 Å². The van der Waals surface area contributed by atoms with Gasteiger partial charge in [0, 0.05) is 42.7 Å². The zero-order valence-corrected chi connectivity index (χ0v) is 16.0. The zero-order chi connectivity index (χ0) is 18.1. The summed E-state index contributed by atoms with van der Waals surface area (Å²) in [5.74, 6) is 0.978. The lowest BCUT2D eigenvalue weighted by Crippen LogP contribution is -2.44. The minimum absolute atomic E-state index is 0. The number of nitrogens with one attached hydrogen (secondary N) is 1. The fourth-order valence-electron chi connectivity index (χ4n) is 2.83. The topological polar surface area (TPSA) is 110 Å². The van der Waals surface area contributed by atoms with Crippen molar-refractivity contribution in [3.63, 3.8) is 0 Å². The van der Waals surface area contributed by atoms with E-state index in [0.29, 0.717) is 28.0 Å². The molecule has 1 fully saturated rings. The molecule has 0 bridgehead atoms. The van der Waals surface area contributed by atoms with Crippen molar-refractivity contribution in [3.8, 4) is 22.2 Å². The fraction of sp³-hybridized carbons (Fsp3) is 0.312. The number of rotatable bonds is 4. The van der Waals surface area contributed by atoms with Gasteiger partial charge in [-0.2, -0.15) is 4.98 Å². The van der Waals surface area contributed by atoms with Gasteiger partial charge in [-0.25, -0.2) is 4.98 Å². The molecular weight excluding hydrogens is 392 g/mol. The van der Waals surface area contributed by atoms with Crippen molar-refractivity contribution in [2.24, 2.45) is 0 Å². The van der Waals surface area contributed by atoms with Gasteiger partial charge in [0.15, 0.2) is 5.82 Å². The minimum Gasteiger partial charge on any atom is -0.332 e. The first-order valence-corrected chi connectivity index (χ1v) is 8.95. The van der Waals surface area contributed by atoms with E-state index in [4.69, 9.17) is 4.52 Å². The van der Waals surface area contributed by atoms with E-state index in [0.717, 1.165) is 19.6 Å². The summed E-state index contributed by atoms with van der Waals surface area (Å²) in [4.78, 5) is 21.7. The molecule has 1 aliphatic heterocycles. The van der Waals surface area contributed by atoms with Crippen molar-refractivity contribution < 1.29 is 9.45 Å². The van der Waals surface area contributed by atoms with Gasteiger partial charge in [0.2, 0.25) is 0 Å². The lowest BCUT2D eigenvalue weighted by atomic mass is 10.2. The monoisotopic (exact) mass is 408 g/mol. The van der Waals surface area contributed by atoms with Gasteiger partial charge in [0.1, 0.15) is 10.7 Å². The van der Waals surface area contributed by atoms with Crippen molar-refractivity contribution in [3.05, 3.63) is 45.6 Å². The molecular formula is C16H17ClN6O3S. The number of halogens is 1. The van der Waals surface area contributed by atoms with E-state index in [9.17, 15) is 10.1 Å². The van der Waals surface area contributed by atoms with E-state index < -0.39 is 4.92 Å². The molecule has 4 rings (SSSR count). The molecule has 2 aromatic heterocycles. The van der Waals surface area contributed by atoms with Crippen LogP contribution in [-0.2, 0) is 0 Å². The van der Waals surface area contributed by atoms with Gasteiger partial charge in [-0.3, -0.25) is 15.0 Å². The van der Waals surface area contributed by atoms with Crippen LogP contribution < -0.4 is 5.32 Å². The van der Waals surface area contributed by atoms with E-state index >= 15 is 0 Å². The number of nitro benzene ring substituents is 1. The van der Waals surface area contributed by atoms with Crippen LogP contribution in [0.3, 0.4) is 0 Å². The lowest BCUT2D eigenvalue weighted by Gasteiger charge is -2.30. The Labute approximate surface area is 165 Å². The number of likely N-dealkylation sites (N-methyl/N-ethyl adjacent to an activating group) is 1. The molecule has 0 spiro atoms. The largest absolute Gasteiger partial charge is 0.332 e. The first kappa shape index (κ1) is 19.4. The second kappa shape index (κ2) is 8.09. The lowest BCUT2D eigenvalue weighted by molar-refractivity contribution is -0.384. The number of nitro groups is 1. The molecule has 1 unspecified atom stereocenters. The number of benzene rings is 1. The Hall–Kier alpha value is -2.40. The van der Waals surface area contributed by atoms with Crippen molar-refractivity contribution >= 4 is 29.4 Å². The molecule has 1 N–H and O–H groups in total. The third kappa shape index (κ3) is 3.98. The maximum atomic E-state index is 10.9. The Balaban J connectivity index is 0.00000210. The summed E-state index contributed by atoms with van der Waals surface area (Å²) in [5, 5.41) is 20.8. The molecule has 3 heterocycles. The number of piperazine rings is 1. The summed E-state index contributed by atoms with van der Waals surface area (Å²) in [6.45, 7) is 2.63. The highest BCUT2D eigenvalue weighted by molar-refractivity contribution is 7.13. The highest BCUT2D eigenvalue weighted by atomic mass is 35.5. The van der Waals surface area contributed by atoms with Crippen LogP contribution in [0.2, 0.25) is 0 Å². The van der Waals surface area contributed by atoms with E-state index in [2.05, 4.69) is 25.3 Å². The van der Waals surface area contributed by atoms with Crippen LogP contribution >= 0.6 is 23.7 Å². The van der Waals surface area contributed by atoms with Crippen molar-refractivity contribution in [1.29, 1.82) is 0 Å². The van der Waals surface area contributed by atoms with Crippen molar-refractivity contribution in [2.75, 3.05) is 26.7 Å². The second-order valence-corrected chi connectivity index (χ2v) is 6.86. The van der Waals surface area contributed by atoms with Crippen molar-refractivity contribution in [2.45, 2.75) is 6.04 Å². The quantitative estimate of drug-likeness (QED) is 0.518. The van der Waals surface area contributed by atoms with E-state index in [-0.39, 0.29) is 24.1 Å². The van der Waals surface area contributed by atoms with Crippen LogP contribution in [0.1, 0.15) is 11.9 Å². The Bertz CT molecular complexity index is 946. The maximum absolute atomic E-state index is 10.9. The maximum Gasteiger partial charge on any atom is 0.277 e. The van der Waals surface area contributed by atoms with Crippen LogP contribution in [0.25, 0.3) is 22.2 Å². The highest BCUT2D eigenvalue weighted by Gasteiger charge is 2.26. The summed E-state index contributed by atoms with van der Waals surface area (Å²) in [6.07, 6.45) is 0. The smallest absolute Gasteiger partial charge is 0.277 e. The minimum atomic E-state index is -0.420. The average Bonchev–Trinajstić information content (AvgIpc) is 3.32. The molecule has 1 saturated heterocycles. The number of thiazole rings is 1. The fourth-order valence-corrected chi connectivity index (χ4v) is 3.62. The van der Waals surface area contributed by atoms with Gasteiger partial charge in [-0.05, 0) is 7.05 Å². The summed E-state index contributed by atoms with van der Waals surface area (Å²) in [6, 6.07) is 6.46. The molecule has 0 saturated carbocycles. The molecule has 1 aromatic carbocycles. The van der Waals surface area contributed by atoms with E-state index in [1.165, 1.54) is 23.5 Å². The average molecular weight is 409 g/mol. The van der Waals surface area contributed by atoms with Crippen LogP contribution in [0.15, 0.2) is 34.2 Å². The summed E-state index contributed by atoms with van der Waals surface area (Å²) in [7, 11) is 2.03. The number of hydrogen-bond acceptors (Lipinski definition) is 9. The molecule has 27 heavy (non-hydrogen) atoms. The van der Waals surface area contributed by atoms with Crippen LogP contribution in [-0.4, -0.2) is 51.6 Å². The third-order valence-corrected chi connectivity index (χ3v) is 5.17. The molecule has 1 atom stereocenters. The van der Waals surface area contributed by atoms with Gasteiger partial charge >= 0.3 is 0 Å². The molecule has 1 aliphatic rings. The molecule has 0 amide bonds. The summed E-state index contributed by atoms with van der Waals surface area (Å²) < 4.78 is 5.38. The Morgan fingerprint density at radius 3 is 3.04 bits per heavy atom. The Morgan fingerprint density at radius 2 is 2.26 bits per heavy atom. The SMILES string of the molecule is CN1CCNCC1c1noc(-c2csc(-c3cccc([N+](=O)[O-])c3)n2)n1.Cl. The standard InChI is InChI=1S/C16H16N6O3S.ClH/c1-21-6-5-17-8-13(21)14-19-15(25-20-14)12-9-26-16(18-12)10-3-2-4-11(7-10)22(23)24;/h2-4,7,9,13,17H,5-6,8H2,1H3;1H. The number of hydrogen-bond donors (Lipinski definition) is 1. The van der Waals surface area contributed by atoms with Gasteiger partial charge < -0.3 is 9.84 Å². The van der Waals surface area contributed by atoms with Crippen LogP contribution in [0, 0.1) is 10.1 Å². The Kier molecular flexibility index (Phi) is 5.80. The first-order valence-electron chi connectivity index (χ1n) is 8.07. The molecule has 11 heteroatoms. The molecule has 9 nitrogen and oxygen atoms in total. The van der Waals surface area contributed by atoms with Crippen LogP contribution in [0.4, 0.5) is 5.69 Å². The molecule has 0 aliphatic carbocycles. The normalized spacial score (nSPS) is 17.4. The number of aromatic nitrogens is 3. The van der Waals surface area contributed by atoms with E-state index in [1.54, 1.807) is 12.1 Å². The summed E-state index contributed by atoms with van der Waals surface area (Å²) in [5.41, 5.74) is 1.29. The summed E-state index contributed by atoms with van der Waals surface area (Å²) >= 11 is 1.38. The molecule has 0 radical (unpaired) electrons. The highest BCUT2D eigenvalue weighted by Crippen LogP contribution is 2.30. The van der Waals surface area contributed by atoms with Gasteiger partial charge in [-0.1, -0.05) is 17.3 Å². The van der Waals surface area contributed by atoms with E-state index in [1.807, 2.05) is 12.4 Å². The van der Waals surface area contributed by atoms with Gasteiger partial charge in [0.05, 0.1) is 11.0 Å². The Morgan fingerprint density at radius 1 is 1.41 bits per heavy atom. The second-order valence-electron chi connectivity index (χ2n) is 6.00. The predicted octanol–water partition coefficient (Wildman–Crippen LogP) is 2.77. The molecule has 3 aromatic rings. The number of non-ortho nitro benzene ring substituents is 1. The third-order valence-electron chi connectivity index (χ3n) is 4.28. The van der Waals surface area contributed by atoms with Gasteiger partial charge in [-0.15, -0.1) is 23.7 Å². The number of nitrogens with zero attached hydrogens (tertiary/aromatic N) is 5. The predicted molar refractivity (Wildman–Crippen MR) is 103 cm³/mol. The first-order chi connectivity index (χ1) is 12.6.